The van der Waals surface area contributed by atoms with Gasteiger partial charge in [0.25, 0.3) is 0 Å². The lowest BCUT2D eigenvalue weighted by Crippen LogP contribution is -2.41. The van der Waals surface area contributed by atoms with Crippen LogP contribution in [-0.2, 0) is 0 Å². The number of likely N-dealkylation sites (tertiary alicyclic amines) is 1. The summed E-state index contributed by atoms with van der Waals surface area (Å²) in [7, 11) is 0. The second-order valence-corrected chi connectivity index (χ2v) is 4.93. The highest BCUT2D eigenvalue weighted by Crippen LogP contribution is 2.30. The van der Waals surface area contributed by atoms with E-state index < -0.39 is 0 Å². The Hall–Kier alpha value is -0.0400. The van der Waals surface area contributed by atoms with Crippen molar-refractivity contribution in [2.75, 3.05) is 0 Å². The van der Waals surface area contributed by atoms with Crippen molar-refractivity contribution >= 4 is 0 Å². The second-order valence-electron chi connectivity index (χ2n) is 4.93. The Morgan fingerprint density at radius 3 is 2.57 bits per heavy atom. The van der Waals surface area contributed by atoms with Gasteiger partial charge in [0.2, 0.25) is 0 Å². The number of hydrogen-bond acceptors (Lipinski definition) is 1. The number of hydrogen-bond donors (Lipinski definition) is 0. The molecule has 1 nitrogen and oxygen atoms in total. The van der Waals surface area contributed by atoms with E-state index in [1.165, 1.54) is 38.5 Å². The molecule has 1 heteroatoms. The van der Waals surface area contributed by atoms with Gasteiger partial charge in [0, 0.05) is 18.1 Å². The third-order valence-corrected chi connectivity index (χ3v) is 3.84. The average molecular weight is 197 g/mol. The van der Waals surface area contributed by atoms with Gasteiger partial charge in [0.1, 0.15) is 0 Å². The van der Waals surface area contributed by atoms with Crippen LogP contribution in [0.15, 0.2) is 0 Å². The van der Waals surface area contributed by atoms with Gasteiger partial charge in [-0.05, 0) is 39.5 Å². The number of rotatable bonds is 5. The molecule has 0 bridgehead atoms. The zero-order chi connectivity index (χ0) is 10.6. The third kappa shape index (κ3) is 2.73. The first-order valence-electron chi connectivity index (χ1n) is 6.48. The van der Waals surface area contributed by atoms with E-state index in [1.54, 1.807) is 0 Å². The van der Waals surface area contributed by atoms with Crippen molar-refractivity contribution < 1.29 is 0 Å². The summed E-state index contributed by atoms with van der Waals surface area (Å²) in [5.41, 5.74) is 0. The highest BCUT2D eigenvalue weighted by Gasteiger charge is 2.32. The van der Waals surface area contributed by atoms with Crippen LogP contribution < -0.4 is 0 Å². The molecule has 1 aliphatic heterocycles. The van der Waals surface area contributed by atoms with E-state index >= 15 is 0 Å². The van der Waals surface area contributed by atoms with E-state index in [0.29, 0.717) is 0 Å². The zero-order valence-electron chi connectivity index (χ0n) is 10.4. The Bertz CT molecular complexity index is 155. The van der Waals surface area contributed by atoms with Crippen molar-refractivity contribution in [1.82, 2.24) is 4.90 Å². The molecule has 1 saturated heterocycles. The van der Waals surface area contributed by atoms with Gasteiger partial charge in [-0.3, -0.25) is 4.90 Å². The fraction of sp³-hybridized carbons (Fsp3) is 1.00. The molecule has 0 amide bonds. The molecular weight excluding hydrogens is 170 g/mol. The molecule has 1 aliphatic rings. The molecule has 0 radical (unpaired) electrons. The summed E-state index contributed by atoms with van der Waals surface area (Å²) in [5, 5.41) is 0. The monoisotopic (exact) mass is 197 g/mol. The Kier molecular flexibility index (Phi) is 4.94. The lowest BCUT2D eigenvalue weighted by molar-refractivity contribution is 0.135. The van der Waals surface area contributed by atoms with Crippen LogP contribution in [0, 0.1) is 0 Å². The Balaban J connectivity index is 2.48. The number of unbranched alkanes of at least 4 members (excludes halogenated alkanes) is 1. The van der Waals surface area contributed by atoms with Crippen molar-refractivity contribution in [2.24, 2.45) is 0 Å². The van der Waals surface area contributed by atoms with Gasteiger partial charge in [-0.25, -0.2) is 0 Å². The van der Waals surface area contributed by atoms with Crippen molar-refractivity contribution in [3.8, 4) is 0 Å². The van der Waals surface area contributed by atoms with E-state index in [0.717, 1.165) is 18.1 Å². The first-order valence-corrected chi connectivity index (χ1v) is 6.48. The highest BCUT2D eigenvalue weighted by atomic mass is 15.2. The van der Waals surface area contributed by atoms with Gasteiger partial charge in [-0.1, -0.05) is 26.7 Å². The fourth-order valence-electron chi connectivity index (χ4n) is 2.83. The molecule has 3 atom stereocenters. The summed E-state index contributed by atoms with van der Waals surface area (Å²) in [6.45, 7) is 9.40. The lowest BCUT2D eigenvalue weighted by atomic mass is 10.1. The predicted octanol–water partition coefficient (Wildman–Crippen LogP) is 3.83. The maximum atomic E-state index is 2.77. The molecule has 1 heterocycles. The quantitative estimate of drug-likeness (QED) is 0.647. The zero-order valence-corrected chi connectivity index (χ0v) is 10.4. The molecule has 14 heavy (non-hydrogen) atoms. The van der Waals surface area contributed by atoms with Gasteiger partial charge in [0.05, 0.1) is 0 Å². The minimum absolute atomic E-state index is 0.786. The molecule has 0 saturated carbocycles. The maximum absolute atomic E-state index is 2.77. The lowest BCUT2D eigenvalue weighted by Gasteiger charge is -2.33. The molecule has 0 aromatic rings. The minimum Gasteiger partial charge on any atom is -0.295 e. The summed E-state index contributed by atoms with van der Waals surface area (Å²) in [4.78, 5) is 2.77. The molecule has 0 N–H and O–H groups in total. The summed E-state index contributed by atoms with van der Waals surface area (Å²) in [6, 6.07) is 2.50. The second kappa shape index (κ2) is 5.75. The molecule has 0 aromatic heterocycles. The molecule has 0 aliphatic carbocycles. The first-order chi connectivity index (χ1) is 6.70. The molecule has 0 spiro atoms. The molecule has 3 unspecified atom stereocenters. The average Bonchev–Trinajstić information content (AvgIpc) is 2.55. The topological polar surface area (TPSA) is 3.24 Å². The van der Waals surface area contributed by atoms with Crippen molar-refractivity contribution in [2.45, 2.75) is 84.3 Å². The highest BCUT2D eigenvalue weighted by molar-refractivity contribution is 4.87. The van der Waals surface area contributed by atoms with E-state index in [1.807, 2.05) is 0 Å². The van der Waals surface area contributed by atoms with Crippen LogP contribution in [0.5, 0.6) is 0 Å². The Labute approximate surface area is 89.9 Å². The van der Waals surface area contributed by atoms with Crippen molar-refractivity contribution in [1.29, 1.82) is 0 Å². The SMILES string of the molecule is CCCCC1CCC(C)N1C(C)CC. The van der Waals surface area contributed by atoms with Crippen molar-refractivity contribution in [3.05, 3.63) is 0 Å². The Morgan fingerprint density at radius 1 is 1.29 bits per heavy atom. The van der Waals surface area contributed by atoms with Gasteiger partial charge in [-0.15, -0.1) is 0 Å². The van der Waals surface area contributed by atoms with Crippen molar-refractivity contribution in [3.63, 3.8) is 0 Å². The van der Waals surface area contributed by atoms with Crippen LogP contribution in [-0.4, -0.2) is 23.0 Å². The summed E-state index contributed by atoms with van der Waals surface area (Å²) < 4.78 is 0. The van der Waals surface area contributed by atoms with Crippen LogP contribution in [0.4, 0.5) is 0 Å². The van der Waals surface area contributed by atoms with E-state index in [-0.39, 0.29) is 0 Å². The summed E-state index contributed by atoms with van der Waals surface area (Å²) >= 11 is 0. The minimum atomic E-state index is 0.786. The Morgan fingerprint density at radius 2 is 2.00 bits per heavy atom. The van der Waals surface area contributed by atoms with Gasteiger partial charge in [0.15, 0.2) is 0 Å². The van der Waals surface area contributed by atoms with E-state index in [2.05, 4.69) is 32.6 Å². The van der Waals surface area contributed by atoms with Crippen LogP contribution >= 0.6 is 0 Å². The van der Waals surface area contributed by atoms with Gasteiger partial charge in [-0.2, -0.15) is 0 Å². The van der Waals surface area contributed by atoms with Crippen LogP contribution in [0.2, 0.25) is 0 Å². The predicted molar refractivity (Wildman–Crippen MR) is 63.6 cm³/mol. The summed E-state index contributed by atoms with van der Waals surface area (Å²) in [6.07, 6.45) is 8.33. The smallest absolute Gasteiger partial charge is 0.0101 e. The molecule has 1 fully saturated rings. The van der Waals surface area contributed by atoms with E-state index in [9.17, 15) is 0 Å². The molecule has 84 valence electrons. The normalized spacial score (nSPS) is 30.9. The molecular formula is C13H27N. The molecule has 0 aromatic carbocycles. The fourth-order valence-corrected chi connectivity index (χ4v) is 2.83. The van der Waals surface area contributed by atoms with E-state index in [4.69, 9.17) is 0 Å². The summed E-state index contributed by atoms with van der Waals surface area (Å²) in [5.74, 6) is 0. The molecule has 1 rings (SSSR count). The largest absolute Gasteiger partial charge is 0.295 e. The van der Waals surface area contributed by atoms with Crippen LogP contribution in [0.1, 0.15) is 66.2 Å². The van der Waals surface area contributed by atoms with Gasteiger partial charge >= 0.3 is 0 Å². The first kappa shape index (κ1) is 12.0. The third-order valence-electron chi connectivity index (χ3n) is 3.84. The van der Waals surface area contributed by atoms with Crippen LogP contribution in [0.25, 0.3) is 0 Å². The standard InChI is InChI=1S/C13H27N/c1-5-7-8-13-10-9-12(4)14(13)11(3)6-2/h11-13H,5-10H2,1-4H3. The van der Waals surface area contributed by atoms with Crippen LogP contribution in [0.3, 0.4) is 0 Å². The number of nitrogens with zero attached hydrogens (tertiary/aromatic N) is 1. The van der Waals surface area contributed by atoms with Gasteiger partial charge < -0.3 is 0 Å². The maximum Gasteiger partial charge on any atom is 0.0101 e.